The normalized spacial score (nSPS) is 21.1. The van der Waals surface area contributed by atoms with E-state index in [0.717, 1.165) is 0 Å². The number of likely N-dealkylation sites (tertiary alicyclic amines) is 1. The fourth-order valence-electron chi connectivity index (χ4n) is 1.77. The molecule has 0 bridgehead atoms. The number of nitrogens with zero attached hydrogens (tertiary/aromatic N) is 1. The maximum absolute atomic E-state index is 11.5. The quantitative estimate of drug-likeness (QED) is 0.495. The molecular formula is C11H17NO5. The van der Waals surface area contributed by atoms with Crippen LogP contribution in [-0.2, 0) is 23.9 Å². The summed E-state index contributed by atoms with van der Waals surface area (Å²) in [6.07, 6.45) is 0.263. The first-order valence-corrected chi connectivity index (χ1v) is 5.57. The average molecular weight is 243 g/mol. The van der Waals surface area contributed by atoms with Crippen LogP contribution in [0.2, 0.25) is 0 Å². The van der Waals surface area contributed by atoms with E-state index < -0.39 is 11.9 Å². The van der Waals surface area contributed by atoms with Gasteiger partial charge in [-0.25, -0.2) is 0 Å². The summed E-state index contributed by atoms with van der Waals surface area (Å²) in [6.45, 7) is 2.87. The summed E-state index contributed by atoms with van der Waals surface area (Å²) in [7, 11) is 1.25. The van der Waals surface area contributed by atoms with Gasteiger partial charge in [-0.2, -0.15) is 0 Å². The van der Waals surface area contributed by atoms with E-state index in [0.29, 0.717) is 13.2 Å². The molecule has 0 spiro atoms. The highest BCUT2D eigenvalue weighted by molar-refractivity contribution is 5.99. The molecule has 0 radical (unpaired) electrons. The third-order valence-corrected chi connectivity index (χ3v) is 2.65. The van der Waals surface area contributed by atoms with Crippen molar-refractivity contribution in [3.63, 3.8) is 0 Å². The number of rotatable bonds is 4. The first kappa shape index (κ1) is 13.6. The van der Waals surface area contributed by atoms with Crippen molar-refractivity contribution < 1.29 is 23.9 Å². The van der Waals surface area contributed by atoms with Crippen molar-refractivity contribution in [3.05, 3.63) is 0 Å². The Balaban J connectivity index is 2.52. The molecule has 1 heterocycles. The standard InChI is InChI=1S/C11H17NO5/c1-3-17-10(14)7-12-5-4-9(13)8(6-12)11(15)16-2/h8H,3-7H2,1-2H3. The second kappa shape index (κ2) is 6.34. The number of methoxy groups -OCH3 is 1. The zero-order valence-corrected chi connectivity index (χ0v) is 10.1. The van der Waals surface area contributed by atoms with Crippen molar-refractivity contribution in [2.45, 2.75) is 13.3 Å². The van der Waals surface area contributed by atoms with Gasteiger partial charge >= 0.3 is 11.9 Å². The number of esters is 2. The van der Waals surface area contributed by atoms with E-state index in [9.17, 15) is 14.4 Å². The predicted molar refractivity (Wildman–Crippen MR) is 58.2 cm³/mol. The van der Waals surface area contributed by atoms with Crippen LogP contribution in [0.15, 0.2) is 0 Å². The Bertz CT molecular complexity index is 307. The van der Waals surface area contributed by atoms with Crippen LogP contribution in [0.5, 0.6) is 0 Å². The number of ketones is 1. The molecule has 96 valence electrons. The first-order chi connectivity index (χ1) is 8.08. The molecule has 1 aliphatic heterocycles. The second-order valence-corrected chi connectivity index (χ2v) is 3.83. The number of piperidine rings is 1. The number of Topliss-reactive ketones (excluding diaryl/α,β-unsaturated/α-hetero) is 1. The lowest BCUT2D eigenvalue weighted by Gasteiger charge is -2.29. The fourth-order valence-corrected chi connectivity index (χ4v) is 1.77. The smallest absolute Gasteiger partial charge is 0.320 e. The van der Waals surface area contributed by atoms with Crippen LogP contribution in [0.4, 0.5) is 0 Å². The molecule has 1 aliphatic rings. The highest BCUT2D eigenvalue weighted by atomic mass is 16.5. The Morgan fingerprint density at radius 2 is 2.18 bits per heavy atom. The van der Waals surface area contributed by atoms with E-state index in [4.69, 9.17) is 4.74 Å². The summed E-state index contributed by atoms with van der Waals surface area (Å²) in [4.78, 5) is 35.9. The molecular weight excluding hydrogens is 226 g/mol. The van der Waals surface area contributed by atoms with Gasteiger partial charge in [-0.15, -0.1) is 0 Å². The molecule has 17 heavy (non-hydrogen) atoms. The van der Waals surface area contributed by atoms with Gasteiger partial charge in [-0.1, -0.05) is 0 Å². The minimum absolute atomic E-state index is 0.106. The van der Waals surface area contributed by atoms with Crippen LogP contribution in [0.25, 0.3) is 0 Å². The summed E-state index contributed by atoms with van der Waals surface area (Å²) < 4.78 is 9.37. The molecule has 6 nitrogen and oxygen atoms in total. The molecule has 6 heteroatoms. The van der Waals surface area contributed by atoms with Gasteiger partial charge < -0.3 is 9.47 Å². The molecule has 1 saturated heterocycles. The number of ether oxygens (including phenoxy) is 2. The SMILES string of the molecule is CCOC(=O)CN1CCC(=O)C(C(=O)OC)C1. The third-order valence-electron chi connectivity index (χ3n) is 2.65. The highest BCUT2D eigenvalue weighted by Gasteiger charge is 2.34. The van der Waals surface area contributed by atoms with E-state index in [2.05, 4.69) is 4.74 Å². The van der Waals surface area contributed by atoms with Crippen LogP contribution in [0.3, 0.4) is 0 Å². The fraction of sp³-hybridized carbons (Fsp3) is 0.727. The lowest BCUT2D eigenvalue weighted by atomic mass is 9.96. The van der Waals surface area contributed by atoms with Crippen molar-refractivity contribution in [3.8, 4) is 0 Å². The van der Waals surface area contributed by atoms with Crippen LogP contribution in [0.1, 0.15) is 13.3 Å². The van der Waals surface area contributed by atoms with Gasteiger partial charge in [0.2, 0.25) is 0 Å². The molecule has 1 atom stereocenters. The Morgan fingerprint density at radius 1 is 1.47 bits per heavy atom. The first-order valence-electron chi connectivity index (χ1n) is 5.57. The number of hydrogen-bond acceptors (Lipinski definition) is 6. The summed E-state index contributed by atoms with van der Waals surface area (Å²) in [5.74, 6) is -1.78. The topological polar surface area (TPSA) is 72.9 Å². The second-order valence-electron chi connectivity index (χ2n) is 3.83. The summed E-state index contributed by atoms with van der Waals surface area (Å²) in [5, 5.41) is 0. The molecule has 1 unspecified atom stereocenters. The van der Waals surface area contributed by atoms with E-state index in [-0.39, 0.29) is 31.3 Å². The Hall–Kier alpha value is -1.43. The van der Waals surface area contributed by atoms with E-state index in [1.54, 1.807) is 11.8 Å². The van der Waals surface area contributed by atoms with Gasteiger partial charge in [0, 0.05) is 19.5 Å². The maximum atomic E-state index is 11.5. The molecule has 0 aromatic heterocycles. The Labute approximate surface area is 99.9 Å². The van der Waals surface area contributed by atoms with Crippen molar-refractivity contribution in [2.24, 2.45) is 5.92 Å². The van der Waals surface area contributed by atoms with Gasteiger partial charge in [0.1, 0.15) is 11.7 Å². The Morgan fingerprint density at radius 3 is 2.76 bits per heavy atom. The minimum Gasteiger partial charge on any atom is -0.468 e. The number of hydrogen-bond donors (Lipinski definition) is 0. The van der Waals surface area contributed by atoms with E-state index in [1.807, 2.05) is 0 Å². The van der Waals surface area contributed by atoms with Gasteiger partial charge in [0.15, 0.2) is 0 Å². The Kier molecular flexibility index (Phi) is 5.09. The molecule has 0 amide bonds. The summed E-state index contributed by atoms with van der Waals surface area (Å²) >= 11 is 0. The number of carbonyl (C=O) groups is 3. The van der Waals surface area contributed by atoms with Crippen LogP contribution in [-0.4, -0.2) is 56.0 Å². The average Bonchev–Trinajstić information content (AvgIpc) is 2.31. The van der Waals surface area contributed by atoms with Crippen LogP contribution in [0, 0.1) is 5.92 Å². The molecule has 0 aromatic carbocycles. The molecule has 0 saturated carbocycles. The lowest BCUT2D eigenvalue weighted by molar-refractivity contribution is -0.154. The van der Waals surface area contributed by atoms with Crippen molar-refractivity contribution in [2.75, 3.05) is 33.4 Å². The highest BCUT2D eigenvalue weighted by Crippen LogP contribution is 2.14. The monoisotopic (exact) mass is 243 g/mol. The lowest BCUT2D eigenvalue weighted by Crippen LogP contribution is -2.46. The van der Waals surface area contributed by atoms with Gasteiger partial charge in [-0.3, -0.25) is 19.3 Å². The maximum Gasteiger partial charge on any atom is 0.320 e. The van der Waals surface area contributed by atoms with Crippen LogP contribution < -0.4 is 0 Å². The van der Waals surface area contributed by atoms with E-state index >= 15 is 0 Å². The zero-order valence-electron chi connectivity index (χ0n) is 10.1. The van der Waals surface area contributed by atoms with Crippen molar-refractivity contribution in [1.29, 1.82) is 0 Å². The van der Waals surface area contributed by atoms with Gasteiger partial charge in [0.05, 0.1) is 20.3 Å². The van der Waals surface area contributed by atoms with Gasteiger partial charge in [0.25, 0.3) is 0 Å². The van der Waals surface area contributed by atoms with Crippen LogP contribution >= 0.6 is 0 Å². The van der Waals surface area contributed by atoms with Crippen molar-refractivity contribution in [1.82, 2.24) is 4.90 Å². The molecule has 1 rings (SSSR count). The third kappa shape index (κ3) is 3.81. The molecule has 0 aliphatic carbocycles. The largest absolute Gasteiger partial charge is 0.468 e. The van der Waals surface area contributed by atoms with Gasteiger partial charge in [-0.05, 0) is 6.92 Å². The molecule has 1 fully saturated rings. The van der Waals surface area contributed by atoms with E-state index in [1.165, 1.54) is 7.11 Å². The minimum atomic E-state index is -0.775. The molecule has 0 N–H and O–H groups in total. The summed E-state index contributed by atoms with van der Waals surface area (Å²) in [5.41, 5.74) is 0. The predicted octanol–water partition coefficient (Wildman–Crippen LogP) is -0.386. The van der Waals surface area contributed by atoms with Crippen molar-refractivity contribution >= 4 is 17.7 Å². The molecule has 0 aromatic rings. The number of carbonyl (C=O) groups excluding carboxylic acids is 3. The summed E-state index contributed by atoms with van der Waals surface area (Å²) in [6, 6.07) is 0. The zero-order chi connectivity index (χ0) is 12.8.